The molecule has 0 fully saturated rings. The fraction of sp³-hybridized carbons (Fsp3) is 0. The number of para-hydroxylation sites is 1. The summed E-state index contributed by atoms with van der Waals surface area (Å²) >= 11 is 5.98. The average Bonchev–Trinajstić information content (AvgIpc) is 3.25. The van der Waals surface area contributed by atoms with Crippen LogP contribution in [0.15, 0.2) is 77.7 Å². The van der Waals surface area contributed by atoms with Gasteiger partial charge in [0.2, 0.25) is 10.0 Å². The van der Waals surface area contributed by atoms with E-state index in [4.69, 9.17) is 22.5 Å². The number of anilines is 1. The lowest BCUT2D eigenvalue weighted by Gasteiger charge is -2.12. The molecule has 12 heteroatoms. The number of hydrogen-bond donors (Lipinski definition) is 3. The van der Waals surface area contributed by atoms with Gasteiger partial charge in [0.15, 0.2) is 0 Å². The third kappa shape index (κ3) is 4.50. The van der Waals surface area contributed by atoms with Gasteiger partial charge in [-0.25, -0.2) is 27.4 Å². The molecule has 174 valence electrons. The van der Waals surface area contributed by atoms with Gasteiger partial charge < -0.3 is 5.73 Å². The highest BCUT2D eigenvalue weighted by atomic mass is 35.5. The van der Waals surface area contributed by atoms with Crippen LogP contribution in [0.3, 0.4) is 0 Å². The van der Waals surface area contributed by atoms with Crippen molar-refractivity contribution >= 4 is 33.3 Å². The molecule has 0 aliphatic rings. The van der Waals surface area contributed by atoms with Crippen LogP contribution in [0.1, 0.15) is 0 Å². The lowest BCUT2D eigenvalue weighted by atomic mass is 10.1. The predicted molar refractivity (Wildman–Crippen MR) is 125 cm³/mol. The molecule has 1 aromatic heterocycles. The van der Waals surface area contributed by atoms with Crippen LogP contribution in [0.4, 0.5) is 14.9 Å². The molecule has 34 heavy (non-hydrogen) atoms. The molecule has 0 atom stereocenters. The van der Waals surface area contributed by atoms with Crippen LogP contribution in [-0.4, -0.2) is 29.4 Å². The Bertz CT molecular complexity index is 1510. The maximum absolute atomic E-state index is 13.8. The van der Waals surface area contributed by atoms with Gasteiger partial charge in [0, 0.05) is 11.1 Å². The van der Waals surface area contributed by atoms with Crippen molar-refractivity contribution in [3.63, 3.8) is 0 Å². The predicted octanol–water partition coefficient (Wildman–Crippen LogP) is 3.92. The van der Waals surface area contributed by atoms with Crippen molar-refractivity contribution in [2.75, 3.05) is 5.06 Å². The maximum Gasteiger partial charge on any atom is 0.343 e. The van der Waals surface area contributed by atoms with Gasteiger partial charge in [-0.3, -0.25) is 5.21 Å². The Morgan fingerprint density at radius 1 is 1.03 bits per heavy atom. The summed E-state index contributed by atoms with van der Waals surface area (Å²) in [6.45, 7) is 0. The second-order valence-electron chi connectivity index (χ2n) is 7.17. The Hall–Kier alpha value is -3.77. The van der Waals surface area contributed by atoms with Crippen LogP contribution in [0.5, 0.6) is 0 Å². The van der Waals surface area contributed by atoms with Crippen LogP contribution in [0, 0.1) is 5.82 Å². The Morgan fingerprint density at radius 2 is 1.68 bits per heavy atom. The van der Waals surface area contributed by atoms with E-state index >= 15 is 0 Å². The number of aromatic nitrogens is 2. The number of amides is 2. The number of carbonyl (C=O) groups excluding carboxylic acids is 1. The van der Waals surface area contributed by atoms with Gasteiger partial charge in [-0.1, -0.05) is 35.9 Å². The molecule has 3 aromatic carbocycles. The molecule has 0 saturated heterocycles. The van der Waals surface area contributed by atoms with E-state index in [-0.39, 0.29) is 26.4 Å². The van der Waals surface area contributed by atoms with Crippen molar-refractivity contribution in [2.45, 2.75) is 4.90 Å². The number of hydrogen-bond acceptors (Lipinski definition) is 5. The van der Waals surface area contributed by atoms with Crippen LogP contribution >= 0.6 is 11.6 Å². The zero-order valence-electron chi connectivity index (χ0n) is 17.3. The molecule has 0 radical (unpaired) electrons. The number of benzene rings is 3. The monoisotopic (exact) mass is 501 g/mol. The zero-order valence-corrected chi connectivity index (χ0v) is 18.8. The van der Waals surface area contributed by atoms with E-state index in [1.807, 2.05) is 0 Å². The minimum absolute atomic E-state index is 0.120. The average molecular weight is 502 g/mol. The second-order valence-corrected chi connectivity index (χ2v) is 9.10. The largest absolute Gasteiger partial charge is 0.349 e. The van der Waals surface area contributed by atoms with Crippen LogP contribution < -0.4 is 15.9 Å². The fourth-order valence-corrected chi connectivity index (χ4v) is 4.24. The first-order valence-corrected chi connectivity index (χ1v) is 11.6. The number of nitrogens with zero attached hydrogens (tertiary/aromatic N) is 3. The summed E-state index contributed by atoms with van der Waals surface area (Å²) in [7, 11) is -4.10. The molecule has 5 N–H and O–H groups in total. The highest BCUT2D eigenvalue weighted by molar-refractivity contribution is 7.89. The van der Waals surface area contributed by atoms with Crippen molar-refractivity contribution in [3.05, 3.63) is 83.6 Å². The Balaban J connectivity index is 1.92. The van der Waals surface area contributed by atoms with Crippen LogP contribution in [0.25, 0.3) is 28.2 Å². The van der Waals surface area contributed by atoms with Gasteiger partial charge in [0.05, 0.1) is 27.8 Å². The summed E-state index contributed by atoms with van der Waals surface area (Å²) in [6, 6.07) is 16.8. The number of primary amides is 1. The maximum atomic E-state index is 13.8. The smallest absolute Gasteiger partial charge is 0.343 e. The normalized spacial score (nSPS) is 11.4. The molecular formula is C22H17ClFN5O4S. The molecule has 0 saturated carbocycles. The molecule has 4 rings (SSSR count). The first-order valence-electron chi connectivity index (χ1n) is 9.63. The van der Waals surface area contributed by atoms with E-state index in [1.54, 1.807) is 24.3 Å². The molecule has 9 nitrogen and oxygen atoms in total. The highest BCUT2D eigenvalue weighted by Gasteiger charge is 2.21. The molecular weight excluding hydrogens is 485 g/mol. The Kier molecular flexibility index (Phi) is 6.11. The third-order valence-corrected chi connectivity index (χ3v) is 6.19. The zero-order chi connectivity index (χ0) is 24.6. The summed E-state index contributed by atoms with van der Waals surface area (Å²) in [5.41, 5.74) is 7.26. The minimum atomic E-state index is -4.10. The SMILES string of the molecule is NC(=O)N(O)c1ccc(-c2cc(-c3ccc(F)c(Cl)c3)n(-c3ccccc3S(N)(=O)=O)n2)cc1. The minimum Gasteiger partial charge on any atom is -0.349 e. The number of rotatable bonds is 5. The standard InChI is InChI=1S/C22H17ClFN5O4S/c23-16-11-14(7-10-17(16)24)20-12-18(13-5-8-15(9-6-13)29(31)22(25)30)27-28(20)19-3-1-2-4-21(19)34(26,32)33/h1-12,31H,(H2,25,30)(H2,26,32,33). The van der Waals surface area contributed by atoms with Gasteiger partial charge in [-0.2, -0.15) is 10.2 Å². The first-order chi connectivity index (χ1) is 16.1. The molecule has 4 aromatic rings. The van der Waals surface area contributed by atoms with Crippen molar-refractivity contribution in [3.8, 4) is 28.2 Å². The summed E-state index contributed by atoms with van der Waals surface area (Å²) < 4.78 is 39.6. The van der Waals surface area contributed by atoms with Crippen molar-refractivity contribution in [1.29, 1.82) is 0 Å². The Labute approximate surface area is 198 Å². The van der Waals surface area contributed by atoms with Gasteiger partial charge in [0.1, 0.15) is 10.7 Å². The first kappa shape index (κ1) is 23.4. The van der Waals surface area contributed by atoms with Crippen LogP contribution in [0.2, 0.25) is 5.02 Å². The number of halogens is 2. The van der Waals surface area contributed by atoms with Gasteiger partial charge in [0.25, 0.3) is 0 Å². The van der Waals surface area contributed by atoms with Crippen molar-refractivity contribution < 1.29 is 22.8 Å². The fourth-order valence-electron chi connectivity index (χ4n) is 3.34. The van der Waals surface area contributed by atoms with Crippen LogP contribution in [-0.2, 0) is 10.0 Å². The molecule has 1 heterocycles. The molecule has 0 unspecified atom stereocenters. The Morgan fingerprint density at radius 3 is 2.29 bits per heavy atom. The topological polar surface area (TPSA) is 145 Å². The number of hydroxylamine groups is 1. The molecule has 0 spiro atoms. The summed E-state index contributed by atoms with van der Waals surface area (Å²) in [6.07, 6.45) is 0. The lowest BCUT2D eigenvalue weighted by Crippen LogP contribution is -2.32. The van der Waals surface area contributed by atoms with E-state index in [0.29, 0.717) is 22.5 Å². The van der Waals surface area contributed by atoms with E-state index in [1.165, 1.54) is 53.2 Å². The van der Waals surface area contributed by atoms with E-state index < -0.39 is 21.9 Å². The van der Waals surface area contributed by atoms with E-state index in [0.717, 1.165) is 0 Å². The van der Waals surface area contributed by atoms with Crippen molar-refractivity contribution in [1.82, 2.24) is 9.78 Å². The van der Waals surface area contributed by atoms with Crippen molar-refractivity contribution in [2.24, 2.45) is 10.9 Å². The number of nitrogens with two attached hydrogens (primary N) is 2. The molecule has 0 aliphatic heterocycles. The number of primary sulfonamides is 1. The second kappa shape index (κ2) is 8.88. The van der Waals surface area contributed by atoms with E-state index in [9.17, 15) is 22.8 Å². The molecule has 0 aliphatic carbocycles. The van der Waals surface area contributed by atoms with E-state index in [2.05, 4.69) is 5.10 Å². The quantitative estimate of drug-likeness (QED) is 0.280. The van der Waals surface area contributed by atoms with Gasteiger partial charge in [-0.05, 0) is 48.5 Å². The summed E-state index contributed by atoms with van der Waals surface area (Å²) in [5.74, 6) is -0.611. The number of carbonyl (C=O) groups is 1. The van der Waals surface area contributed by atoms with Gasteiger partial charge >= 0.3 is 6.03 Å². The lowest BCUT2D eigenvalue weighted by molar-refractivity contribution is 0.212. The number of urea groups is 1. The summed E-state index contributed by atoms with van der Waals surface area (Å²) in [5, 5.41) is 19.8. The molecule has 2 amide bonds. The number of sulfonamides is 1. The molecule has 0 bridgehead atoms. The highest BCUT2D eigenvalue weighted by Crippen LogP contribution is 2.33. The van der Waals surface area contributed by atoms with Gasteiger partial charge in [-0.15, -0.1) is 0 Å². The summed E-state index contributed by atoms with van der Waals surface area (Å²) in [4.78, 5) is 11.0. The third-order valence-electron chi connectivity index (χ3n) is 4.94.